The molecule has 0 saturated heterocycles. The second-order valence-electron chi connectivity index (χ2n) is 3.45. The molecule has 2 aromatic rings. The van der Waals surface area contributed by atoms with Crippen LogP contribution in [0.15, 0.2) is 40.9 Å². The lowest BCUT2D eigenvalue weighted by Crippen LogP contribution is -1.92. The highest BCUT2D eigenvalue weighted by atomic mass is 79.9. The van der Waals surface area contributed by atoms with Crippen LogP contribution in [0.5, 0.6) is 11.5 Å². The summed E-state index contributed by atoms with van der Waals surface area (Å²) >= 11 is 9.15. The first kappa shape index (κ1) is 13.1. The highest BCUT2D eigenvalue weighted by Crippen LogP contribution is 2.35. The Bertz CT molecular complexity index is 602. The number of hydrogen-bond donors (Lipinski definition) is 0. The summed E-state index contributed by atoms with van der Waals surface area (Å²) in [6.45, 7) is 0. The van der Waals surface area contributed by atoms with E-state index in [0.29, 0.717) is 27.1 Å². The van der Waals surface area contributed by atoms with Crippen molar-refractivity contribution in [2.24, 2.45) is 0 Å². The van der Waals surface area contributed by atoms with Gasteiger partial charge in [-0.25, -0.2) is 4.39 Å². The Morgan fingerprint density at radius 2 is 2.06 bits per heavy atom. The Balaban J connectivity index is 2.42. The number of para-hydroxylation sites is 1. The Morgan fingerprint density at radius 3 is 2.72 bits per heavy atom. The fraction of sp³-hybridized carbons (Fsp3) is 0. The summed E-state index contributed by atoms with van der Waals surface area (Å²) in [4.78, 5) is 10.9. The first-order valence-electron chi connectivity index (χ1n) is 4.98. The van der Waals surface area contributed by atoms with Crippen LogP contribution in [0, 0.1) is 5.82 Å². The maximum absolute atomic E-state index is 12.9. The van der Waals surface area contributed by atoms with E-state index in [1.165, 1.54) is 18.2 Å². The van der Waals surface area contributed by atoms with Crippen molar-refractivity contribution in [1.29, 1.82) is 0 Å². The van der Waals surface area contributed by atoms with Gasteiger partial charge >= 0.3 is 0 Å². The van der Waals surface area contributed by atoms with Gasteiger partial charge in [-0.3, -0.25) is 4.79 Å². The van der Waals surface area contributed by atoms with E-state index < -0.39 is 0 Å². The highest BCUT2D eigenvalue weighted by molar-refractivity contribution is 9.10. The number of hydrogen-bond acceptors (Lipinski definition) is 2. The van der Waals surface area contributed by atoms with Crippen molar-refractivity contribution in [3.63, 3.8) is 0 Å². The Labute approximate surface area is 116 Å². The molecule has 0 bridgehead atoms. The molecular weight excluding hydrogens is 322 g/mol. The number of rotatable bonds is 3. The number of carbonyl (C=O) groups is 1. The lowest BCUT2D eigenvalue weighted by atomic mass is 10.2. The summed E-state index contributed by atoms with van der Waals surface area (Å²) in [5.74, 6) is 0.248. The maximum atomic E-state index is 12.9. The van der Waals surface area contributed by atoms with Crippen molar-refractivity contribution >= 4 is 33.8 Å². The second-order valence-corrected chi connectivity index (χ2v) is 4.71. The molecule has 2 aromatic carbocycles. The number of ether oxygens (including phenoxy) is 1. The predicted molar refractivity (Wildman–Crippen MR) is 71.0 cm³/mol. The standard InChI is InChI=1S/C13H7BrClFO2/c14-10-6-9(16)4-5-12(10)18-13-8(7-17)2-1-3-11(13)15/h1-7H. The van der Waals surface area contributed by atoms with Crippen LogP contribution in [0.3, 0.4) is 0 Å². The third-order valence-corrected chi connectivity index (χ3v) is 3.15. The third kappa shape index (κ3) is 2.71. The molecule has 0 spiro atoms. The molecule has 0 aliphatic rings. The van der Waals surface area contributed by atoms with E-state index in [1.807, 2.05) is 0 Å². The second kappa shape index (κ2) is 5.50. The van der Waals surface area contributed by atoms with Gasteiger partial charge in [0.1, 0.15) is 11.6 Å². The van der Waals surface area contributed by atoms with Crippen molar-refractivity contribution < 1.29 is 13.9 Å². The summed E-state index contributed by atoms with van der Waals surface area (Å²) in [5.41, 5.74) is 0.332. The van der Waals surface area contributed by atoms with Crippen LogP contribution in [-0.4, -0.2) is 6.29 Å². The van der Waals surface area contributed by atoms with Crippen LogP contribution in [0.1, 0.15) is 10.4 Å². The summed E-state index contributed by atoms with van der Waals surface area (Å²) in [5, 5.41) is 0.316. The molecule has 92 valence electrons. The molecule has 0 fully saturated rings. The van der Waals surface area contributed by atoms with Crippen LogP contribution in [0.4, 0.5) is 4.39 Å². The molecule has 0 aliphatic heterocycles. The third-order valence-electron chi connectivity index (χ3n) is 2.23. The molecule has 0 radical (unpaired) electrons. The smallest absolute Gasteiger partial charge is 0.156 e. The largest absolute Gasteiger partial charge is 0.454 e. The van der Waals surface area contributed by atoms with E-state index in [-0.39, 0.29) is 11.6 Å². The first-order chi connectivity index (χ1) is 8.61. The van der Waals surface area contributed by atoms with Gasteiger partial charge in [0.05, 0.1) is 15.1 Å². The Kier molecular flexibility index (Phi) is 3.99. The highest BCUT2D eigenvalue weighted by Gasteiger charge is 2.11. The van der Waals surface area contributed by atoms with E-state index in [1.54, 1.807) is 18.2 Å². The van der Waals surface area contributed by atoms with E-state index in [0.717, 1.165) is 0 Å². The molecule has 0 aromatic heterocycles. The molecule has 0 aliphatic carbocycles. The SMILES string of the molecule is O=Cc1cccc(Cl)c1Oc1ccc(F)cc1Br. The fourth-order valence-corrected chi connectivity index (χ4v) is 2.05. The van der Waals surface area contributed by atoms with Crippen molar-refractivity contribution in [3.8, 4) is 11.5 Å². The Hall–Kier alpha value is -1.39. The number of halogens is 3. The summed E-state index contributed by atoms with van der Waals surface area (Å²) in [6, 6.07) is 8.84. The van der Waals surface area contributed by atoms with Gasteiger partial charge < -0.3 is 4.74 Å². The van der Waals surface area contributed by atoms with Gasteiger partial charge in [-0.2, -0.15) is 0 Å². The monoisotopic (exact) mass is 328 g/mol. The molecular formula is C13H7BrClFO2. The molecule has 0 heterocycles. The van der Waals surface area contributed by atoms with Crippen molar-refractivity contribution in [2.75, 3.05) is 0 Å². The maximum Gasteiger partial charge on any atom is 0.156 e. The molecule has 0 atom stereocenters. The van der Waals surface area contributed by atoms with Gasteiger partial charge in [-0.1, -0.05) is 17.7 Å². The molecule has 2 rings (SSSR count). The van der Waals surface area contributed by atoms with Crippen molar-refractivity contribution in [2.45, 2.75) is 0 Å². The van der Waals surface area contributed by atoms with E-state index in [9.17, 15) is 9.18 Å². The first-order valence-corrected chi connectivity index (χ1v) is 6.15. The van der Waals surface area contributed by atoms with Gasteiger partial charge in [-0.15, -0.1) is 0 Å². The quantitative estimate of drug-likeness (QED) is 0.753. The normalized spacial score (nSPS) is 10.2. The van der Waals surface area contributed by atoms with Gasteiger partial charge in [0.15, 0.2) is 12.0 Å². The average molecular weight is 330 g/mol. The minimum atomic E-state index is -0.385. The van der Waals surface area contributed by atoms with E-state index in [4.69, 9.17) is 16.3 Å². The molecule has 2 nitrogen and oxygen atoms in total. The number of benzene rings is 2. The molecule has 0 saturated carbocycles. The van der Waals surface area contributed by atoms with Crippen LogP contribution >= 0.6 is 27.5 Å². The van der Waals surface area contributed by atoms with E-state index in [2.05, 4.69) is 15.9 Å². The predicted octanol–water partition coefficient (Wildman–Crippen LogP) is 4.85. The summed E-state index contributed by atoms with van der Waals surface area (Å²) < 4.78 is 18.9. The molecule has 18 heavy (non-hydrogen) atoms. The number of carbonyl (C=O) groups excluding carboxylic acids is 1. The van der Waals surface area contributed by atoms with Gasteiger partial charge in [0.2, 0.25) is 0 Å². The lowest BCUT2D eigenvalue weighted by molar-refractivity contribution is 0.112. The Morgan fingerprint density at radius 1 is 1.28 bits per heavy atom. The summed E-state index contributed by atoms with van der Waals surface area (Å²) in [6.07, 6.45) is 0.651. The minimum absolute atomic E-state index is 0.251. The van der Waals surface area contributed by atoms with E-state index >= 15 is 0 Å². The van der Waals surface area contributed by atoms with Crippen LogP contribution in [0.2, 0.25) is 5.02 Å². The minimum Gasteiger partial charge on any atom is -0.454 e. The van der Waals surface area contributed by atoms with Gasteiger partial charge in [-0.05, 0) is 46.3 Å². The molecule has 0 amide bonds. The number of aldehydes is 1. The van der Waals surface area contributed by atoms with Crippen LogP contribution in [-0.2, 0) is 0 Å². The lowest BCUT2D eigenvalue weighted by Gasteiger charge is -2.11. The van der Waals surface area contributed by atoms with Gasteiger partial charge in [0.25, 0.3) is 0 Å². The topological polar surface area (TPSA) is 26.3 Å². The average Bonchev–Trinajstić information content (AvgIpc) is 2.34. The van der Waals surface area contributed by atoms with Crippen LogP contribution in [0.25, 0.3) is 0 Å². The van der Waals surface area contributed by atoms with Crippen LogP contribution < -0.4 is 4.74 Å². The van der Waals surface area contributed by atoms with Gasteiger partial charge in [0, 0.05) is 0 Å². The zero-order chi connectivity index (χ0) is 13.1. The fourth-order valence-electron chi connectivity index (χ4n) is 1.39. The molecule has 0 N–H and O–H groups in total. The van der Waals surface area contributed by atoms with Crippen molar-refractivity contribution in [1.82, 2.24) is 0 Å². The molecule has 5 heteroatoms. The van der Waals surface area contributed by atoms with Crippen molar-refractivity contribution in [3.05, 3.63) is 57.3 Å². The zero-order valence-corrected chi connectivity index (χ0v) is 11.3. The molecule has 0 unspecified atom stereocenters. The zero-order valence-electron chi connectivity index (χ0n) is 8.99. The summed E-state index contributed by atoms with van der Waals surface area (Å²) in [7, 11) is 0.